The van der Waals surface area contributed by atoms with E-state index < -0.39 is 23.4 Å². The number of nitrogens with one attached hydrogen (secondary N) is 3. The van der Waals surface area contributed by atoms with E-state index in [4.69, 9.17) is 30.2 Å². The molecule has 5 N–H and O–H groups in total. The molecule has 16 heteroatoms. The fraction of sp³-hybridized carbons (Fsp3) is 0.688. The van der Waals surface area contributed by atoms with Gasteiger partial charge in [-0.15, -0.1) is 0 Å². The number of ether oxygens (including phenoxy) is 2. The van der Waals surface area contributed by atoms with Crippen LogP contribution < -0.4 is 31.5 Å². The normalized spacial score (nSPS) is 13.9. The lowest BCUT2D eigenvalue weighted by atomic mass is 9.97. The summed E-state index contributed by atoms with van der Waals surface area (Å²) < 4.78 is 10.8. The lowest BCUT2D eigenvalue weighted by molar-refractivity contribution is 0.0516. The van der Waals surface area contributed by atoms with E-state index in [1.54, 1.807) is 27.8 Å². The largest absolute Gasteiger partial charge is 0.444 e. The Morgan fingerprint density at radius 2 is 1.56 bits per heavy atom. The number of piperidine rings is 1. The van der Waals surface area contributed by atoms with Crippen LogP contribution in [0.2, 0.25) is 0 Å². The maximum Gasteiger partial charge on any atom is 0.407 e. The van der Waals surface area contributed by atoms with Crippen LogP contribution in [0, 0.1) is 5.92 Å². The van der Waals surface area contributed by atoms with E-state index in [0.717, 1.165) is 36.7 Å². The molecule has 1 aliphatic heterocycles. The third-order valence-electron chi connectivity index (χ3n) is 6.92. The number of amides is 2. The molecule has 1 saturated heterocycles. The van der Waals surface area contributed by atoms with Gasteiger partial charge >= 0.3 is 12.2 Å². The van der Waals surface area contributed by atoms with Crippen LogP contribution in [-0.2, 0) is 9.47 Å². The van der Waals surface area contributed by atoms with Crippen molar-refractivity contribution in [3.8, 4) is 0 Å². The van der Waals surface area contributed by atoms with Crippen LogP contribution >= 0.6 is 21.6 Å². The molecule has 0 radical (unpaired) electrons. The van der Waals surface area contributed by atoms with E-state index in [1.165, 1.54) is 0 Å². The van der Waals surface area contributed by atoms with Gasteiger partial charge in [0.2, 0.25) is 17.8 Å². The Hall–Kier alpha value is -3.24. The molecule has 2 amide bonds. The van der Waals surface area contributed by atoms with E-state index in [1.807, 2.05) is 59.7 Å². The number of carbonyl (C=O) groups excluding carboxylic acids is 2. The second-order valence-corrected chi connectivity index (χ2v) is 15.9. The van der Waals surface area contributed by atoms with Crippen molar-refractivity contribution in [3.63, 3.8) is 0 Å². The monoisotopic (exact) mass is 706 g/mol. The van der Waals surface area contributed by atoms with E-state index in [9.17, 15) is 9.59 Å². The number of anilines is 3. The van der Waals surface area contributed by atoms with Gasteiger partial charge in [-0.3, -0.25) is 0 Å². The molecule has 0 aliphatic carbocycles. The van der Waals surface area contributed by atoms with Crippen molar-refractivity contribution in [2.45, 2.75) is 83.5 Å². The van der Waals surface area contributed by atoms with Crippen LogP contribution in [0.5, 0.6) is 0 Å². The summed E-state index contributed by atoms with van der Waals surface area (Å²) in [5, 5.41) is 10.0. The summed E-state index contributed by atoms with van der Waals surface area (Å²) in [5.74, 6) is 2.98. The van der Waals surface area contributed by atoms with Crippen molar-refractivity contribution < 1.29 is 19.1 Å². The Morgan fingerprint density at radius 3 is 2.10 bits per heavy atom. The van der Waals surface area contributed by atoms with Gasteiger partial charge in [0.1, 0.15) is 16.2 Å². The first kappa shape index (κ1) is 39.2. The molecule has 14 nitrogen and oxygen atoms in total. The van der Waals surface area contributed by atoms with Crippen LogP contribution in [0.25, 0.3) is 0 Å². The number of aromatic nitrogens is 4. The molecule has 0 aromatic carbocycles. The third-order valence-corrected chi connectivity index (χ3v) is 9.19. The van der Waals surface area contributed by atoms with Gasteiger partial charge in [0.15, 0.2) is 0 Å². The van der Waals surface area contributed by atoms with Gasteiger partial charge in [-0.2, -0.15) is 15.0 Å². The number of nitrogens with zero attached hydrogens (tertiary/aromatic N) is 6. The first-order valence-corrected chi connectivity index (χ1v) is 19.0. The van der Waals surface area contributed by atoms with Crippen LogP contribution in [0.1, 0.15) is 67.2 Å². The van der Waals surface area contributed by atoms with E-state index in [0.29, 0.717) is 75.9 Å². The predicted octanol–water partition coefficient (Wildman–Crippen LogP) is 4.93. The first-order chi connectivity index (χ1) is 22.8. The maximum absolute atomic E-state index is 12.2. The third kappa shape index (κ3) is 15.8. The van der Waals surface area contributed by atoms with Gasteiger partial charge < -0.3 is 41.0 Å². The van der Waals surface area contributed by atoms with E-state index in [2.05, 4.69) is 30.7 Å². The van der Waals surface area contributed by atoms with E-state index >= 15 is 0 Å². The standard InChI is InChI=1S/C32H54N10O4S2/c1-31(2,3)45-29(43)36-15-9-18-41(19-10-16-37-30(44)46-32(4,5)6)27-38-26(35-17-22-47-48-25-11-7-8-14-34-25)39-28(40-27)42-20-12-24(23-33)13-21-42/h7-8,11,14,24H,9-10,12-13,15-23,33H2,1-6H3,(H,36,43)(H,37,44)(H,35,38,39,40). The van der Waals surface area contributed by atoms with Gasteiger partial charge in [0.25, 0.3) is 0 Å². The molecule has 0 saturated carbocycles. The number of carbonyl (C=O) groups is 2. The average molecular weight is 707 g/mol. The second-order valence-electron chi connectivity index (χ2n) is 13.5. The van der Waals surface area contributed by atoms with Crippen LogP contribution in [-0.4, -0.2) is 101 Å². The van der Waals surface area contributed by atoms with Crippen LogP contribution in [0.4, 0.5) is 27.4 Å². The highest BCUT2D eigenvalue weighted by molar-refractivity contribution is 8.76. The van der Waals surface area contributed by atoms with E-state index in [-0.39, 0.29) is 0 Å². The molecule has 0 spiro atoms. The molecule has 0 bridgehead atoms. The number of hydrogen-bond acceptors (Lipinski definition) is 14. The molecule has 2 aromatic rings. The quantitative estimate of drug-likeness (QED) is 0.129. The minimum atomic E-state index is -0.573. The topological polar surface area (TPSA) is 173 Å². The van der Waals surface area contributed by atoms with Crippen molar-refractivity contribution in [2.24, 2.45) is 11.7 Å². The molecule has 1 fully saturated rings. The van der Waals surface area contributed by atoms with Crippen LogP contribution in [0.3, 0.4) is 0 Å². The van der Waals surface area contributed by atoms with Crippen molar-refractivity contribution in [3.05, 3.63) is 24.4 Å². The highest BCUT2D eigenvalue weighted by Crippen LogP contribution is 2.29. The Labute approximate surface area is 293 Å². The Kier molecular flexibility index (Phi) is 16.1. The zero-order chi connectivity index (χ0) is 35.0. The Bertz CT molecular complexity index is 1220. The number of alkyl carbamates (subject to hydrolysis) is 2. The maximum atomic E-state index is 12.2. The average Bonchev–Trinajstić information content (AvgIpc) is 3.02. The Morgan fingerprint density at radius 1 is 0.938 bits per heavy atom. The van der Waals surface area contributed by atoms with Gasteiger partial charge in [-0.1, -0.05) is 16.9 Å². The van der Waals surface area contributed by atoms with Gasteiger partial charge in [-0.05, 0) is 103 Å². The Balaban J connectivity index is 1.72. The lowest BCUT2D eigenvalue weighted by Gasteiger charge is -2.32. The fourth-order valence-electron chi connectivity index (χ4n) is 4.65. The summed E-state index contributed by atoms with van der Waals surface area (Å²) in [4.78, 5) is 47.7. The summed E-state index contributed by atoms with van der Waals surface area (Å²) in [6.45, 7) is 15.9. The molecule has 3 rings (SSSR count). The zero-order valence-corrected chi connectivity index (χ0v) is 30.9. The smallest absolute Gasteiger partial charge is 0.407 e. The molecule has 1 aliphatic rings. The van der Waals surface area contributed by atoms with Crippen LogP contribution in [0.15, 0.2) is 29.4 Å². The molecule has 268 valence electrons. The molecule has 0 atom stereocenters. The summed E-state index contributed by atoms with van der Waals surface area (Å²) in [6.07, 6.45) is 4.11. The lowest BCUT2D eigenvalue weighted by Crippen LogP contribution is -2.38. The molecular formula is C32H54N10O4S2. The van der Waals surface area contributed by atoms with Crippen molar-refractivity contribution in [2.75, 3.05) is 73.2 Å². The first-order valence-electron chi connectivity index (χ1n) is 16.7. The number of nitrogens with two attached hydrogens (primary N) is 1. The zero-order valence-electron chi connectivity index (χ0n) is 29.3. The fourth-order valence-corrected chi connectivity index (χ4v) is 6.43. The SMILES string of the molecule is CC(C)(C)OC(=O)NCCCN(CCCNC(=O)OC(C)(C)C)c1nc(NCCSSc2ccccn2)nc(N2CCC(CN)CC2)n1. The van der Waals surface area contributed by atoms with Gasteiger partial charge in [0.05, 0.1) is 0 Å². The molecule has 3 heterocycles. The minimum absolute atomic E-state index is 0.419. The predicted molar refractivity (Wildman–Crippen MR) is 195 cm³/mol. The molecule has 2 aromatic heterocycles. The number of hydrogen-bond donors (Lipinski definition) is 4. The highest BCUT2D eigenvalue weighted by atomic mass is 33.1. The number of rotatable bonds is 17. The minimum Gasteiger partial charge on any atom is -0.444 e. The summed E-state index contributed by atoms with van der Waals surface area (Å²) >= 11 is 0. The summed E-state index contributed by atoms with van der Waals surface area (Å²) in [5.41, 5.74) is 4.81. The summed E-state index contributed by atoms with van der Waals surface area (Å²) in [7, 11) is 3.34. The van der Waals surface area contributed by atoms with Gasteiger partial charge in [-0.25, -0.2) is 14.6 Å². The van der Waals surface area contributed by atoms with Crippen molar-refractivity contribution in [1.29, 1.82) is 0 Å². The van der Waals surface area contributed by atoms with Crippen molar-refractivity contribution in [1.82, 2.24) is 30.6 Å². The highest BCUT2D eigenvalue weighted by Gasteiger charge is 2.23. The summed E-state index contributed by atoms with van der Waals surface area (Å²) in [6, 6.07) is 5.87. The van der Waals surface area contributed by atoms with Gasteiger partial charge in [0, 0.05) is 57.8 Å². The second kappa shape index (κ2) is 19.7. The molecule has 48 heavy (non-hydrogen) atoms. The number of pyridine rings is 1. The molecular weight excluding hydrogens is 653 g/mol. The van der Waals surface area contributed by atoms with Crippen molar-refractivity contribution >= 4 is 51.6 Å². The molecule has 0 unspecified atom stereocenters.